The minimum Gasteiger partial charge on any atom is -0.506 e. The second-order valence-corrected chi connectivity index (χ2v) is 6.44. The summed E-state index contributed by atoms with van der Waals surface area (Å²) < 4.78 is 16.7. The predicted molar refractivity (Wildman–Crippen MR) is 107 cm³/mol. The molecule has 0 saturated carbocycles. The van der Waals surface area contributed by atoms with Crippen molar-refractivity contribution in [2.75, 3.05) is 25.1 Å². The van der Waals surface area contributed by atoms with Crippen LogP contribution in [0.2, 0.25) is 0 Å². The van der Waals surface area contributed by atoms with Crippen molar-refractivity contribution in [2.45, 2.75) is 26.1 Å². The van der Waals surface area contributed by atoms with Crippen molar-refractivity contribution in [3.05, 3.63) is 59.7 Å². The number of benzene rings is 2. The van der Waals surface area contributed by atoms with Gasteiger partial charge in [0.15, 0.2) is 6.29 Å². The summed E-state index contributed by atoms with van der Waals surface area (Å²) in [6.45, 7) is 3.98. The van der Waals surface area contributed by atoms with Crippen molar-refractivity contribution in [1.29, 1.82) is 0 Å². The van der Waals surface area contributed by atoms with Crippen molar-refractivity contribution in [3.8, 4) is 11.5 Å². The maximum absolute atomic E-state index is 12.2. The van der Waals surface area contributed by atoms with Crippen LogP contribution in [0.3, 0.4) is 0 Å². The number of anilines is 1. The van der Waals surface area contributed by atoms with Crippen LogP contribution >= 0.6 is 0 Å². The first kappa shape index (κ1) is 19.9. The number of hydrogen-bond donors (Lipinski definition) is 2. The number of nitrogens with one attached hydrogen (secondary N) is 1. The summed E-state index contributed by atoms with van der Waals surface area (Å²) in [5, 5.41) is 12.7. The maximum Gasteiger partial charge on any atom is 0.248 e. The number of hydrogen-bond acceptors (Lipinski definition) is 5. The van der Waals surface area contributed by atoms with Crippen molar-refractivity contribution in [2.24, 2.45) is 0 Å². The number of phenols is 1. The molecule has 1 aliphatic rings. The van der Waals surface area contributed by atoms with Gasteiger partial charge in [-0.15, -0.1) is 0 Å². The van der Waals surface area contributed by atoms with E-state index in [0.717, 1.165) is 29.7 Å². The lowest BCUT2D eigenvalue weighted by Gasteiger charge is -2.24. The normalized spacial score (nSPS) is 14.9. The third-order valence-corrected chi connectivity index (χ3v) is 4.16. The molecule has 2 N–H and O–H groups in total. The molecule has 0 aliphatic carbocycles. The quantitative estimate of drug-likeness (QED) is 0.552. The van der Waals surface area contributed by atoms with Gasteiger partial charge >= 0.3 is 0 Å². The van der Waals surface area contributed by atoms with Crippen molar-refractivity contribution >= 4 is 17.7 Å². The van der Waals surface area contributed by atoms with Gasteiger partial charge in [0.25, 0.3) is 0 Å². The van der Waals surface area contributed by atoms with E-state index in [4.69, 9.17) is 14.2 Å². The van der Waals surface area contributed by atoms with Gasteiger partial charge < -0.3 is 24.6 Å². The first-order chi connectivity index (χ1) is 13.7. The van der Waals surface area contributed by atoms with Gasteiger partial charge in [-0.3, -0.25) is 4.79 Å². The molecule has 0 atom stereocenters. The number of phenolic OH excluding ortho intramolecular Hbond substituents is 1. The minimum atomic E-state index is -0.478. The Hall–Kier alpha value is -2.83. The molecule has 0 unspecified atom stereocenters. The number of amides is 1. The van der Waals surface area contributed by atoms with E-state index in [-0.39, 0.29) is 11.7 Å². The number of rotatable bonds is 7. The predicted octanol–water partition coefficient (Wildman–Crippen LogP) is 4.27. The summed E-state index contributed by atoms with van der Waals surface area (Å²) in [5.74, 6) is 0.445. The lowest BCUT2D eigenvalue weighted by atomic mass is 10.1. The van der Waals surface area contributed by atoms with Crippen LogP contribution in [0.25, 0.3) is 6.08 Å². The fourth-order valence-electron chi connectivity index (χ4n) is 2.72. The molecular weight excluding hydrogens is 358 g/mol. The topological polar surface area (TPSA) is 77.0 Å². The van der Waals surface area contributed by atoms with Crippen molar-refractivity contribution in [1.82, 2.24) is 0 Å². The van der Waals surface area contributed by atoms with Crippen LogP contribution in [0.4, 0.5) is 5.69 Å². The van der Waals surface area contributed by atoms with Gasteiger partial charge in [0.05, 0.1) is 25.5 Å². The molecule has 2 aromatic carbocycles. The zero-order valence-electron chi connectivity index (χ0n) is 15.9. The molecule has 1 aliphatic heterocycles. The minimum absolute atomic E-state index is 0.0151. The average Bonchev–Trinajstić information content (AvgIpc) is 2.73. The first-order valence-corrected chi connectivity index (χ1v) is 9.44. The van der Waals surface area contributed by atoms with Gasteiger partial charge in [0.2, 0.25) is 5.91 Å². The van der Waals surface area contributed by atoms with Gasteiger partial charge in [-0.1, -0.05) is 25.1 Å². The van der Waals surface area contributed by atoms with Crippen LogP contribution in [0, 0.1) is 0 Å². The average molecular weight is 383 g/mol. The number of carbonyl (C=O) groups excluding carboxylic acids is 1. The summed E-state index contributed by atoms with van der Waals surface area (Å²) in [4.78, 5) is 12.2. The molecule has 148 valence electrons. The standard InChI is InChI=1S/C22H25NO5/c1-2-12-26-18-8-4-16(5-9-18)6-11-21(25)23-19-15-17(7-10-20(19)24)22-27-13-3-14-28-22/h4-11,15,22,24H,2-3,12-14H2,1H3,(H,23,25)/b11-6+. The molecule has 3 rings (SSSR count). The van der Waals surface area contributed by atoms with Crippen LogP contribution in [-0.4, -0.2) is 30.8 Å². The molecule has 0 aromatic heterocycles. The van der Waals surface area contributed by atoms with E-state index >= 15 is 0 Å². The Morgan fingerprint density at radius 3 is 2.68 bits per heavy atom. The molecule has 28 heavy (non-hydrogen) atoms. The molecule has 1 amide bonds. The van der Waals surface area contributed by atoms with E-state index in [2.05, 4.69) is 12.2 Å². The molecule has 1 heterocycles. The second kappa shape index (κ2) is 9.92. The van der Waals surface area contributed by atoms with Gasteiger partial charge in [-0.2, -0.15) is 0 Å². The number of aromatic hydroxyl groups is 1. The molecule has 6 nitrogen and oxygen atoms in total. The number of carbonyl (C=O) groups is 1. The smallest absolute Gasteiger partial charge is 0.248 e. The Bertz CT molecular complexity index is 810. The van der Waals surface area contributed by atoms with E-state index in [1.54, 1.807) is 18.2 Å². The second-order valence-electron chi connectivity index (χ2n) is 6.44. The first-order valence-electron chi connectivity index (χ1n) is 9.44. The molecule has 6 heteroatoms. The van der Waals surface area contributed by atoms with Crippen LogP contribution in [0.5, 0.6) is 11.5 Å². The van der Waals surface area contributed by atoms with Crippen LogP contribution < -0.4 is 10.1 Å². The van der Waals surface area contributed by atoms with E-state index in [1.807, 2.05) is 24.3 Å². The highest BCUT2D eigenvalue weighted by Gasteiger charge is 2.18. The SMILES string of the molecule is CCCOc1ccc(/C=C/C(=O)Nc2cc(C3OCCCO3)ccc2O)cc1. The summed E-state index contributed by atoms with van der Waals surface area (Å²) in [6, 6.07) is 12.4. The van der Waals surface area contributed by atoms with Crippen LogP contribution in [0.1, 0.15) is 37.2 Å². The fraction of sp³-hybridized carbons (Fsp3) is 0.318. The Labute approximate surface area is 164 Å². The molecule has 1 fully saturated rings. The Morgan fingerprint density at radius 1 is 1.21 bits per heavy atom. The Morgan fingerprint density at radius 2 is 1.96 bits per heavy atom. The molecule has 1 saturated heterocycles. The summed E-state index contributed by atoms with van der Waals surface area (Å²) in [7, 11) is 0. The highest BCUT2D eigenvalue weighted by Crippen LogP contribution is 2.30. The Balaban J connectivity index is 1.61. The molecule has 0 bridgehead atoms. The third kappa shape index (κ3) is 5.58. The summed E-state index contributed by atoms with van der Waals surface area (Å²) >= 11 is 0. The molecule has 2 aromatic rings. The van der Waals surface area contributed by atoms with E-state index in [9.17, 15) is 9.90 Å². The van der Waals surface area contributed by atoms with E-state index in [0.29, 0.717) is 25.5 Å². The van der Waals surface area contributed by atoms with Gasteiger partial charge in [-0.05, 0) is 48.7 Å². The fourth-order valence-corrected chi connectivity index (χ4v) is 2.72. The molecular formula is C22H25NO5. The van der Waals surface area contributed by atoms with Crippen molar-refractivity contribution in [3.63, 3.8) is 0 Å². The maximum atomic E-state index is 12.2. The van der Waals surface area contributed by atoms with Crippen LogP contribution in [0.15, 0.2) is 48.5 Å². The summed E-state index contributed by atoms with van der Waals surface area (Å²) in [5.41, 5.74) is 1.94. The highest BCUT2D eigenvalue weighted by molar-refractivity contribution is 6.02. The van der Waals surface area contributed by atoms with E-state index in [1.165, 1.54) is 12.1 Å². The Kier molecular flexibility index (Phi) is 7.06. The van der Waals surface area contributed by atoms with Gasteiger partial charge in [0, 0.05) is 11.6 Å². The molecule has 0 radical (unpaired) electrons. The van der Waals surface area contributed by atoms with Gasteiger partial charge in [-0.25, -0.2) is 0 Å². The monoisotopic (exact) mass is 383 g/mol. The molecule has 0 spiro atoms. The van der Waals surface area contributed by atoms with E-state index < -0.39 is 6.29 Å². The lowest BCUT2D eigenvalue weighted by Crippen LogP contribution is -2.18. The van der Waals surface area contributed by atoms with Gasteiger partial charge in [0.1, 0.15) is 11.5 Å². The highest BCUT2D eigenvalue weighted by atomic mass is 16.7. The lowest BCUT2D eigenvalue weighted by molar-refractivity contribution is -0.183. The number of ether oxygens (including phenoxy) is 3. The summed E-state index contributed by atoms with van der Waals surface area (Å²) in [6.07, 6.45) is 4.45. The zero-order valence-corrected chi connectivity index (χ0v) is 15.9. The zero-order chi connectivity index (χ0) is 19.8. The van der Waals surface area contributed by atoms with Crippen LogP contribution in [-0.2, 0) is 14.3 Å². The van der Waals surface area contributed by atoms with Crippen molar-refractivity contribution < 1.29 is 24.1 Å². The third-order valence-electron chi connectivity index (χ3n) is 4.16. The largest absolute Gasteiger partial charge is 0.506 e.